The van der Waals surface area contributed by atoms with Crippen LogP contribution in [-0.4, -0.2) is 36.4 Å². The van der Waals surface area contributed by atoms with Crippen LogP contribution in [0.5, 0.6) is 0 Å². The number of hydrogen-bond acceptors (Lipinski definition) is 4. The first kappa shape index (κ1) is 11.4. The Morgan fingerprint density at radius 2 is 2.17 bits per heavy atom. The highest BCUT2D eigenvalue weighted by Gasteiger charge is 2.33. The van der Waals surface area contributed by atoms with Crippen molar-refractivity contribution in [3.05, 3.63) is 0 Å². The van der Waals surface area contributed by atoms with Gasteiger partial charge in [-0.25, -0.2) is 4.79 Å². The first-order valence-electron chi connectivity index (χ1n) is 3.93. The van der Waals surface area contributed by atoms with Crippen LogP contribution >= 0.6 is 0 Å². The molecule has 0 saturated heterocycles. The van der Waals surface area contributed by atoms with Gasteiger partial charge < -0.3 is 9.84 Å². The van der Waals surface area contributed by atoms with E-state index in [1.54, 1.807) is 6.92 Å². The van der Waals surface area contributed by atoms with E-state index in [2.05, 4.69) is 10.1 Å². The van der Waals surface area contributed by atoms with Crippen LogP contribution in [0.3, 0.4) is 0 Å². The van der Waals surface area contributed by atoms with Crippen molar-refractivity contribution >= 4 is 5.97 Å². The van der Waals surface area contributed by atoms with E-state index in [0.717, 1.165) is 0 Å². The summed E-state index contributed by atoms with van der Waals surface area (Å²) in [5.41, 5.74) is -0.983. The zero-order valence-electron chi connectivity index (χ0n) is 8.05. The molecule has 0 radical (unpaired) electrons. The highest BCUT2D eigenvalue weighted by Crippen LogP contribution is 2.06. The van der Waals surface area contributed by atoms with E-state index in [1.807, 2.05) is 13.8 Å². The summed E-state index contributed by atoms with van der Waals surface area (Å²) in [6.07, 6.45) is 0. The minimum absolute atomic E-state index is 0.126. The van der Waals surface area contributed by atoms with Gasteiger partial charge in [-0.3, -0.25) is 5.32 Å². The van der Waals surface area contributed by atoms with Crippen LogP contribution in [0.2, 0.25) is 0 Å². The fraction of sp³-hybridized carbons (Fsp3) is 0.875. The third-order valence-corrected chi connectivity index (χ3v) is 1.56. The van der Waals surface area contributed by atoms with Gasteiger partial charge in [0, 0.05) is 6.04 Å². The summed E-state index contributed by atoms with van der Waals surface area (Å²) >= 11 is 0. The fourth-order valence-electron chi connectivity index (χ4n) is 1.03. The fourth-order valence-corrected chi connectivity index (χ4v) is 1.03. The number of rotatable bonds is 4. The highest BCUT2D eigenvalue weighted by atomic mass is 16.5. The maximum absolute atomic E-state index is 11.2. The third-order valence-electron chi connectivity index (χ3n) is 1.56. The first-order valence-corrected chi connectivity index (χ1v) is 3.93. The van der Waals surface area contributed by atoms with Gasteiger partial charge in [0.05, 0.1) is 13.7 Å². The smallest absolute Gasteiger partial charge is 0.328 e. The van der Waals surface area contributed by atoms with Crippen LogP contribution in [0.4, 0.5) is 0 Å². The minimum atomic E-state index is -0.983. The molecule has 0 amide bonds. The van der Waals surface area contributed by atoms with Crippen molar-refractivity contribution in [3.63, 3.8) is 0 Å². The Labute approximate surface area is 72.9 Å². The van der Waals surface area contributed by atoms with Crippen molar-refractivity contribution in [1.82, 2.24) is 5.32 Å². The number of methoxy groups -OCH3 is 1. The van der Waals surface area contributed by atoms with Gasteiger partial charge in [-0.05, 0) is 20.8 Å². The molecule has 0 rings (SSSR count). The molecule has 0 spiro atoms. The number of hydrogen-bond donors (Lipinski definition) is 2. The predicted octanol–water partition coefficient (Wildman–Crippen LogP) is -0.0916. The second-order valence-electron chi connectivity index (χ2n) is 3.28. The molecule has 0 heterocycles. The highest BCUT2D eigenvalue weighted by molar-refractivity contribution is 5.80. The lowest BCUT2D eigenvalue weighted by Gasteiger charge is -2.27. The Bertz CT molecular complexity index is 158. The topological polar surface area (TPSA) is 58.6 Å². The van der Waals surface area contributed by atoms with Crippen molar-refractivity contribution in [1.29, 1.82) is 0 Å². The summed E-state index contributed by atoms with van der Waals surface area (Å²) in [7, 11) is 1.30. The van der Waals surface area contributed by atoms with Crippen LogP contribution in [-0.2, 0) is 9.53 Å². The second-order valence-corrected chi connectivity index (χ2v) is 3.28. The number of esters is 1. The molecule has 4 heteroatoms. The number of nitrogens with one attached hydrogen (secondary N) is 1. The zero-order valence-corrected chi connectivity index (χ0v) is 8.05. The summed E-state index contributed by atoms with van der Waals surface area (Å²) < 4.78 is 4.55. The molecule has 0 saturated carbocycles. The van der Waals surface area contributed by atoms with Gasteiger partial charge in [0.25, 0.3) is 0 Å². The average Bonchev–Trinajstić information content (AvgIpc) is 2.01. The van der Waals surface area contributed by atoms with Gasteiger partial charge >= 0.3 is 5.97 Å². The molecule has 1 atom stereocenters. The molecule has 0 aromatic carbocycles. The number of carbonyl (C=O) groups excluding carboxylic acids is 1. The quantitative estimate of drug-likeness (QED) is 0.586. The Balaban J connectivity index is 4.33. The normalized spacial score (nSPS) is 15.8. The lowest BCUT2D eigenvalue weighted by molar-refractivity contribution is -0.149. The van der Waals surface area contributed by atoms with E-state index in [-0.39, 0.29) is 12.6 Å². The molecule has 0 aliphatic heterocycles. The Hall–Kier alpha value is -0.610. The molecule has 4 nitrogen and oxygen atoms in total. The molecule has 12 heavy (non-hydrogen) atoms. The maximum Gasteiger partial charge on any atom is 0.328 e. The van der Waals surface area contributed by atoms with Crippen molar-refractivity contribution in [2.75, 3.05) is 13.7 Å². The summed E-state index contributed by atoms with van der Waals surface area (Å²) in [5, 5.41) is 11.9. The molecule has 0 bridgehead atoms. The molecule has 0 aromatic rings. The Morgan fingerprint density at radius 3 is 2.42 bits per heavy atom. The van der Waals surface area contributed by atoms with Gasteiger partial charge in [0.15, 0.2) is 0 Å². The first-order chi connectivity index (χ1) is 5.46. The van der Waals surface area contributed by atoms with Crippen LogP contribution in [0.15, 0.2) is 0 Å². The number of carbonyl (C=O) groups is 1. The molecule has 1 unspecified atom stereocenters. The van der Waals surface area contributed by atoms with Gasteiger partial charge in [0.2, 0.25) is 0 Å². The Morgan fingerprint density at radius 1 is 1.67 bits per heavy atom. The average molecular weight is 175 g/mol. The molecule has 0 aromatic heterocycles. The number of aliphatic hydroxyl groups is 1. The standard InChI is InChI=1S/C8H17NO3/c1-6(2)9-8(3,5-10)7(11)12-4/h6,9-10H,5H2,1-4H3. The second kappa shape index (κ2) is 4.42. The van der Waals surface area contributed by atoms with E-state index in [0.29, 0.717) is 0 Å². The Kier molecular flexibility index (Phi) is 4.20. The van der Waals surface area contributed by atoms with Gasteiger partial charge in [-0.15, -0.1) is 0 Å². The molecule has 0 aliphatic rings. The van der Waals surface area contributed by atoms with Crippen molar-refractivity contribution in [2.45, 2.75) is 32.4 Å². The van der Waals surface area contributed by atoms with Crippen LogP contribution in [0.25, 0.3) is 0 Å². The molecule has 72 valence electrons. The SMILES string of the molecule is COC(=O)C(C)(CO)NC(C)C. The van der Waals surface area contributed by atoms with E-state index in [9.17, 15) is 4.79 Å². The van der Waals surface area contributed by atoms with Gasteiger partial charge in [-0.1, -0.05) is 0 Å². The number of aliphatic hydroxyl groups excluding tert-OH is 1. The van der Waals surface area contributed by atoms with Gasteiger partial charge in [0.1, 0.15) is 5.54 Å². The van der Waals surface area contributed by atoms with Crippen LogP contribution in [0, 0.1) is 0 Å². The van der Waals surface area contributed by atoms with Crippen molar-refractivity contribution < 1.29 is 14.6 Å². The molecule has 0 fully saturated rings. The van der Waals surface area contributed by atoms with Crippen LogP contribution in [0.1, 0.15) is 20.8 Å². The molecule has 0 aliphatic carbocycles. The summed E-state index contributed by atoms with van der Waals surface area (Å²) in [4.78, 5) is 11.2. The summed E-state index contributed by atoms with van der Waals surface area (Å²) in [6, 6.07) is 0.126. The minimum Gasteiger partial charge on any atom is -0.468 e. The molecular formula is C8H17NO3. The van der Waals surface area contributed by atoms with Crippen molar-refractivity contribution in [3.8, 4) is 0 Å². The lowest BCUT2D eigenvalue weighted by Crippen LogP contribution is -2.55. The van der Waals surface area contributed by atoms with E-state index < -0.39 is 11.5 Å². The molecular weight excluding hydrogens is 158 g/mol. The van der Waals surface area contributed by atoms with Crippen LogP contribution < -0.4 is 5.32 Å². The molecule has 2 N–H and O–H groups in total. The van der Waals surface area contributed by atoms with E-state index in [1.165, 1.54) is 7.11 Å². The third kappa shape index (κ3) is 2.79. The zero-order chi connectivity index (χ0) is 9.78. The predicted molar refractivity (Wildman–Crippen MR) is 45.8 cm³/mol. The monoisotopic (exact) mass is 175 g/mol. The van der Waals surface area contributed by atoms with Crippen molar-refractivity contribution in [2.24, 2.45) is 0 Å². The lowest BCUT2D eigenvalue weighted by atomic mass is 10.0. The summed E-state index contributed by atoms with van der Waals surface area (Å²) in [5.74, 6) is -0.446. The largest absolute Gasteiger partial charge is 0.468 e. The summed E-state index contributed by atoms with van der Waals surface area (Å²) in [6.45, 7) is 5.14. The van der Waals surface area contributed by atoms with E-state index in [4.69, 9.17) is 5.11 Å². The maximum atomic E-state index is 11.2. The van der Waals surface area contributed by atoms with E-state index >= 15 is 0 Å². The number of ether oxygens (including phenoxy) is 1. The van der Waals surface area contributed by atoms with Gasteiger partial charge in [-0.2, -0.15) is 0 Å².